The zero-order valence-electron chi connectivity index (χ0n) is 29.8. The first-order chi connectivity index (χ1) is 21.7. The third-order valence-corrected chi connectivity index (χ3v) is 9.63. The first-order valence-corrected chi connectivity index (χ1v) is 19.7. The second-order valence-corrected chi connectivity index (χ2v) is 13.9. The molecule has 0 aromatic rings. The maximum Gasteiger partial charge on any atom is 0.168 e. The van der Waals surface area contributed by atoms with Crippen LogP contribution >= 0.6 is 0 Å². The van der Waals surface area contributed by atoms with Gasteiger partial charge in [-0.1, -0.05) is 152 Å². The van der Waals surface area contributed by atoms with E-state index in [1.165, 1.54) is 148 Å². The average Bonchev–Trinajstić information content (AvgIpc) is 3.66. The average molecular weight is 611 g/mol. The minimum atomic E-state index is -0.286. The van der Waals surface area contributed by atoms with Gasteiger partial charge in [-0.25, -0.2) is 0 Å². The van der Waals surface area contributed by atoms with E-state index in [9.17, 15) is 0 Å². The van der Waals surface area contributed by atoms with Gasteiger partial charge in [0.05, 0.1) is 12.7 Å². The topological polar surface area (TPSA) is 18.5 Å². The van der Waals surface area contributed by atoms with E-state index in [0.717, 1.165) is 38.2 Å². The maximum atomic E-state index is 6.61. The molecule has 2 aliphatic rings. The Balaban J connectivity index is 1.47. The van der Waals surface area contributed by atoms with Gasteiger partial charge in [0.25, 0.3) is 0 Å². The molecule has 0 aromatic heterocycles. The van der Waals surface area contributed by atoms with E-state index in [1.54, 1.807) is 5.57 Å². The van der Waals surface area contributed by atoms with Gasteiger partial charge in [-0.2, -0.15) is 0 Å². The molecule has 0 radical (unpaired) electrons. The van der Waals surface area contributed by atoms with Crippen molar-refractivity contribution in [3.63, 3.8) is 0 Å². The largest absolute Gasteiger partial charge is 0.347 e. The number of unbranched alkanes of at least 4 members (excludes halogenated alkanes) is 16. The standard InChI is InChI=1S/C42H74O2/c1-4-7-9-11-13-14-15-16-17-18-19-20-21-22-26-30-35-42(43-38-41(44-42)32-6-3)36-31-27-23-25-29-34-40-37-39(40)33-28-24-12-10-8-5-2/h13-14,16-17,24,28,37,40-41H,4-12,15,18-23,25-27,29-36,38H2,1-3H3. The molecular weight excluding hydrogens is 536 g/mol. The molecule has 44 heavy (non-hydrogen) atoms. The fourth-order valence-corrected chi connectivity index (χ4v) is 6.69. The third-order valence-electron chi connectivity index (χ3n) is 9.63. The first-order valence-electron chi connectivity index (χ1n) is 19.7. The molecule has 1 aliphatic carbocycles. The van der Waals surface area contributed by atoms with Crippen LogP contribution in [-0.4, -0.2) is 18.5 Å². The third kappa shape index (κ3) is 20.1. The second kappa shape index (κ2) is 27.0. The van der Waals surface area contributed by atoms with Crippen molar-refractivity contribution in [3.8, 4) is 0 Å². The van der Waals surface area contributed by atoms with Crippen LogP contribution in [0.4, 0.5) is 0 Å². The Bertz CT molecular complexity index is 777. The Hall–Kier alpha value is -1.12. The summed E-state index contributed by atoms with van der Waals surface area (Å²) in [6.07, 6.45) is 51.7. The molecule has 1 heterocycles. The summed E-state index contributed by atoms with van der Waals surface area (Å²) < 4.78 is 13.0. The summed E-state index contributed by atoms with van der Waals surface area (Å²) in [5.41, 5.74) is 1.69. The molecule has 2 rings (SSSR count). The number of allylic oxidation sites excluding steroid dienone is 8. The van der Waals surface area contributed by atoms with Crippen LogP contribution in [0.5, 0.6) is 0 Å². The zero-order chi connectivity index (χ0) is 31.4. The Morgan fingerprint density at radius 3 is 1.75 bits per heavy atom. The fraction of sp³-hybridized carbons (Fsp3) is 0.810. The van der Waals surface area contributed by atoms with Crippen molar-refractivity contribution in [2.24, 2.45) is 5.92 Å². The Morgan fingerprint density at radius 1 is 0.591 bits per heavy atom. The van der Waals surface area contributed by atoms with Crippen LogP contribution in [0.15, 0.2) is 48.1 Å². The van der Waals surface area contributed by atoms with Crippen molar-refractivity contribution in [1.29, 1.82) is 0 Å². The summed E-state index contributed by atoms with van der Waals surface area (Å²) >= 11 is 0. The quantitative estimate of drug-likeness (QED) is 0.0574. The smallest absolute Gasteiger partial charge is 0.168 e. The summed E-state index contributed by atoms with van der Waals surface area (Å²) in [5.74, 6) is 0.537. The summed E-state index contributed by atoms with van der Waals surface area (Å²) in [4.78, 5) is 0. The molecule has 1 saturated heterocycles. The van der Waals surface area contributed by atoms with Gasteiger partial charge in [-0.3, -0.25) is 0 Å². The van der Waals surface area contributed by atoms with Crippen molar-refractivity contribution in [1.82, 2.24) is 0 Å². The minimum Gasteiger partial charge on any atom is -0.347 e. The van der Waals surface area contributed by atoms with Crippen molar-refractivity contribution in [2.45, 2.75) is 206 Å². The van der Waals surface area contributed by atoms with Crippen molar-refractivity contribution in [3.05, 3.63) is 48.1 Å². The van der Waals surface area contributed by atoms with Crippen molar-refractivity contribution >= 4 is 0 Å². The Morgan fingerprint density at radius 2 is 1.14 bits per heavy atom. The highest BCUT2D eigenvalue weighted by atomic mass is 16.7. The fourth-order valence-electron chi connectivity index (χ4n) is 6.69. The van der Waals surface area contributed by atoms with Gasteiger partial charge in [-0.15, -0.1) is 0 Å². The zero-order valence-corrected chi connectivity index (χ0v) is 29.8. The van der Waals surface area contributed by atoms with Crippen LogP contribution in [0.2, 0.25) is 0 Å². The van der Waals surface area contributed by atoms with E-state index in [4.69, 9.17) is 9.47 Å². The van der Waals surface area contributed by atoms with Gasteiger partial charge in [0.15, 0.2) is 5.79 Å². The normalized spacial score (nSPS) is 21.8. The lowest BCUT2D eigenvalue weighted by Gasteiger charge is -2.28. The van der Waals surface area contributed by atoms with E-state index in [2.05, 4.69) is 63.3 Å². The molecule has 2 heteroatoms. The van der Waals surface area contributed by atoms with Gasteiger partial charge in [0, 0.05) is 12.8 Å². The second-order valence-electron chi connectivity index (χ2n) is 13.9. The number of hydrogen-bond acceptors (Lipinski definition) is 2. The molecule has 1 aliphatic heterocycles. The molecule has 0 amide bonds. The number of hydrogen-bond donors (Lipinski definition) is 0. The molecule has 254 valence electrons. The monoisotopic (exact) mass is 611 g/mol. The predicted molar refractivity (Wildman–Crippen MR) is 194 cm³/mol. The number of rotatable bonds is 31. The first kappa shape index (κ1) is 39.1. The molecule has 0 aromatic carbocycles. The van der Waals surface area contributed by atoms with Crippen LogP contribution < -0.4 is 0 Å². The lowest BCUT2D eigenvalue weighted by Crippen LogP contribution is -2.31. The van der Waals surface area contributed by atoms with E-state index in [1.807, 2.05) is 0 Å². The summed E-state index contributed by atoms with van der Waals surface area (Å²) in [7, 11) is 0. The van der Waals surface area contributed by atoms with Crippen LogP contribution in [0.3, 0.4) is 0 Å². The molecule has 2 nitrogen and oxygen atoms in total. The number of ether oxygens (including phenoxy) is 2. The molecule has 1 fully saturated rings. The van der Waals surface area contributed by atoms with Crippen LogP contribution in [0.1, 0.15) is 194 Å². The van der Waals surface area contributed by atoms with E-state index in [-0.39, 0.29) is 5.79 Å². The highest BCUT2D eigenvalue weighted by Gasteiger charge is 2.39. The molecule has 3 atom stereocenters. The summed E-state index contributed by atoms with van der Waals surface area (Å²) in [5, 5.41) is 0. The van der Waals surface area contributed by atoms with Gasteiger partial charge in [-0.05, 0) is 83.0 Å². The Labute approximate surface area is 275 Å². The van der Waals surface area contributed by atoms with Gasteiger partial charge in [0.2, 0.25) is 0 Å². The Kier molecular flexibility index (Phi) is 24.0. The molecular formula is C42H74O2. The molecule has 0 saturated carbocycles. The maximum absolute atomic E-state index is 6.61. The van der Waals surface area contributed by atoms with Crippen molar-refractivity contribution in [2.75, 3.05) is 6.61 Å². The van der Waals surface area contributed by atoms with E-state index >= 15 is 0 Å². The van der Waals surface area contributed by atoms with E-state index in [0.29, 0.717) is 6.10 Å². The highest BCUT2D eigenvalue weighted by Crippen LogP contribution is 2.37. The van der Waals surface area contributed by atoms with Crippen LogP contribution in [-0.2, 0) is 9.47 Å². The lowest BCUT2D eigenvalue weighted by molar-refractivity contribution is -0.180. The lowest BCUT2D eigenvalue weighted by atomic mass is 9.98. The summed E-state index contributed by atoms with van der Waals surface area (Å²) in [6, 6.07) is 0. The molecule has 3 unspecified atom stereocenters. The van der Waals surface area contributed by atoms with E-state index < -0.39 is 0 Å². The molecule has 0 spiro atoms. The molecule has 0 N–H and O–H groups in total. The predicted octanol–water partition coefficient (Wildman–Crippen LogP) is 13.9. The van der Waals surface area contributed by atoms with Gasteiger partial charge < -0.3 is 9.47 Å². The van der Waals surface area contributed by atoms with Gasteiger partial charge >= 0.3 is 0 Å². The van der Waals surface area contributed by atoms with Crippen LogP contribution in [0.25, 0.3) is 0 Å². The van der Waals surface area contributed by atoms with Crippen LogP contribution in [0, 0.1) is 5.92 Å². The summed E-state index contributed by atoms with van der Waals surface area (Å²) in [6.45, 7) is 7.62. The highest BCUT2D eigenvalue weighted by molar-refractivity contribution is 5.30. The minimum absolute atomic E-state index is 0.286. The van der Waals surface area contributed by atoms with Gasteiger partial charge in [0.1, 0.15) is 0 Å². The SMILES string of the molecule is CCCCCC=CCC=CCCCCCCCCC1(CCCCCCCC2C=C2CC=CCCCCC)OCC(CCC)O1. The van der Waals surface area contributed by atoms with Crippen molar-refractivity contribution < 1.29 is 9.47 Å². The molecule has 0 bridgehead atoms.